The Kier molecular flexibility index (Phi) is 26.8. The molecule has 2 N–H and O–H groups in total. The third kappa shape index (κ3) is 23.5. The van der Waals surface area contributed by atoms with E-state index in [0.717, 1.165) is 18.4 Å². The smallest absolute Gasteiger partial charge is 0.305 e. The molecular weight excluding hydrogens is 595 g/mol. The average molecular weight is 660 g/mol. The average Bonchev–Trinajstić information content (AvgIpc) is 2.98. The molecule has 0 bridgehead atoms. The number of carboxylic acids is 1. The van der Waals surface area contributed by atoms with Gasteiger partial charge < -0.3 is 10.4 Å². The van der Waals surface area contributed by atoms with Crippen molar-refractivity contribution < 1.29 is 14.7 Å². The number of amides is 1. The molecule has 0 aliphatic rings. The molecule has 6 heteroatoms. The molecule has 1 rings (SSSR count). The van der Waals surface area contributed by atoms with Gasteiger partial charge in [0.2, 0.25) is 0 Å². The molecule has 256 valence electrons. The lowest BCUT2D eigenvalue weighted by molar-refractivity contribution is -0.136. The van der Waals surface area contributed by atoms with Crippen molar-refractivity contribution >= 4 is 41.8 Å². The zero-order valence-electron chi connectivity index (χ0n) is 31.0. The van der Waals surface area contributed by atoms with Crippen molar-refractivity contribution in [1.29, 1.82) is 0 Å². The predicted molar refractivity (Wildman–Crippen MR) is 207 cm³/mol. The van der Waals surface area contributed by atoms with Gasteiger partial charge in [-0.2, -0.15) is 0 Å². The maximum Gasteiger partial charge on any atom is 0.305 e. The first-order chi connectivity index (χ1) is 20.9. The van der Waals surface area contributed by atoms with Crippen LogP contribution in [0, 0.1) is 5.41 Å². The molecule has 0 atom stereocenters. The highest BCUT2D eigenvalue weighted by molar-refractivity contribution is 8.02. The van der Waals surface area contributed by atoms with E-state index in [2.05, 4.69) is 130 Å². The largest absolute Gasteiger partial charge is 0.481 e. The van der Waals surface area contributed by atoms with E-state index in [1.807, 2.05) is 26.8 Å². The van der Waals surface area contributed by atoms with Gasteiger partial charge in [-0.3, -0.25) is 9.59 Å². The van der Waals surface area contributed by atoms with E-state index < -0.39 is 5.97 Å². The summed E-state index contributed by atoms with van der Waals surface area (Å²) in [6.45, 7) is 32.5. The first kappa shape index (κ1) is 47.0. The monoisotopic (exact) mass is 659 g/mol. The second-order valence-corrected chi connectivity index (χ2v) is 13.8. The zero-order valence-corrected chi connectivity index (χ0v) is 32.7. The van der Waals surface area contributed by atoms with Crippen molar-refractivity contribution in [3.63, 3.8) is 0 Å². The van der Waals surface area contributed by atoms with Crippen LogP contribution in [0.25, 0.3) is 5.57 Å². The van der Waals surface area contributed by atoms with Gasteiger partial charge in [-0.15, -0.1) is 24.4 Å². The van der Waals surface area contributed by atoms with Gasteiger partial charge in [0, 0.05) is 6.54 Å². The van der Waals surface area contributed by atoms with Gasteiger partial charge >= 0.3 is 5.97 Å². The Morgan fingerprint density at radius 2 is 1.49 bits per heavy atom. The minimum Gasteiger partial charge on any atom is -0.481 e. The fraction of sp³-hybridized carbons (Fsp3) is 0.538. The normalized spacial score (nSPS) is 12.4. The number of hydrogen-bond acceptors (Lipinski definition) is 4. The van der Waals surface area contributed by atoms with Crippen LogP contribution in [0.15, 0.2) is 76.1 Å². The molecule has 0 aliphatic heterocycles. The topological polar surface area (TPSA) is 66.4 Å². The highest BCUT2D eigenvalue weighted by Crippen LogP contribution is 2.31. The van der Waals surface area contributed by atoms with E-state index in [9.17, 15) is 9.59 Å². The Hall–Kier alpha value is -2.44. The third-order valence-electron chi connectivity index (χ3n) is 6.95. The standard InChI is InChI=1S/C21H30S.C10H15NO3S.C6H14.C2H6/c1-9-21(6,7)19-12-10-18(11-13-19)20(15(2)3)16(4)14-17(5)22-8;1-2-3-4-5-8(15)10(14)11-7-6-9(12)13;1-5-6(2,3)4;1-2/h10-14H,2,9H2,1,3-8H3;3-5,15H,2,6-7H2,1H3,(H,11,14)(H,12,13);5H2,1-4H3;1-2H3/b17-14+,20-16+;4-3+,8-5-;;. The van der Waals surface area contributed by atoms with Crippen molar-refractivity contribution in [2.75, 3.05) is 12.8 Å². The van der Waals surface area contributed by atoms with Crippen LogP contribution in [0.1, 0.15) is 127 Å². The highest BCUT2D eigenvalue weighted by atomic mass is 32.2. The van der Waals surface area contributed by atoms with E-state index in [-0.39, 0.29) is 29.2 Å². The summed E-state index contributed by atoms with van der Waals surface area (Å²) >= 11 is 5.76. The van der Waals surface area contributed by atoms with Gasteiger partial charge in [0.15, 0.2) is 0 Å². The maximum atomic E-state index is 11.2. The van der Waals surface area contributed by atoms with E-state index in [1.54, 1.807) is 23.9 Å². The van der Waals surface area contributed by atoms with Crippen LogP contribution in [-0.2, 0) is 15.0 Å². The highest BCUT2D eigenvalue weighted by Gasteiger charge is 2.18. The summed E-state index contributed by atoms with van der Waals surface area (Å²) in [5.41, 5.74) is 7.08. The van der Waals surface area contributed by atoms with Crippen molar-refractivity contribution in [2.45, 2.75) is 121 Å². The van der Waals surface area contributed by atoms with Crippen molar-refractivity contribution in [1.82, 2.24) is 5.32 Å². The Morgan fingerprint density at radius 1 is 0.978 bits per heavy atom. The van der Waals surface area contributed by atoms with Crippen LogP contribution in [0.2, 0.25) is 0 Å². The zero-order chi connectivity index (χ0) is 35.8. The lowest BCUT2D eigenvalue weighted by Gasteiger charge is -2.24. The molecule has 0 spiro atoms. The molecule has 4 nitrogen and oxygen atoms in total. The summed E-state index contributed by atoms with van der Waals surface area (Å²) in [5.74, 6) is -1.30. The Morgan fingerprint density at radius 3 is 1.87 bits per heavy atom. The van der Waals surface area contributed by atoms with Crippen LogP contribution in [0.5, 0.6) is 0 Å². The maximum absolute atomic E-state index is 11.2. The summed E-state index contributed by atoms with van der Waals surface area (Å²) in [6.07, 6.45) is 12.8. The Labute approximate surface area is 287 Å². The molecule has 0 saturated heterocycles. The molecule has 1 aromatic carbocycles. The summed E-state index contributed by atoms with van der Waals surface area (Å²) < 4.78 is 0. The van der Waals surface area contributed by atoms with E-state index >= 15 is 0 Å². The molecule has 0 aromatic heterocycles. The number of carboxylic acid groups (broad SMARTS) is 1. The quantitative estimate of drug-likeness (QED) is 0.119. The third-order valence-corrected chi connectivity index (χ3v) is 8.06. The number of benzene rings is 1. The molecule has 45 heavy (non-hydrogen) atoms. The number of allylic oxidation sites excluding steroid dienone is 8. The second-order valence-electron chi connectivity index (χ2n) is 12.3. The van der Waals surface area contributed by atoms with Crippen LogP contribution < -0.4 is 5.32 Å². The Balaban J connectivity index is -0.000000661. The number of thiol groups is 1. The van der Waals surface area contributed by atoms with Gasteiger partial charge in [0.05, 0.1) is 11.3 Å². The van der Waals surface area contributed by atoms with Gasteiger partial charge in [-0.25, -0.2) is 0 Å². The van der Waals surface area contributed by atoms with Crippen molar-refractivity contribution in [2.24, 2.45) is 5.41 Å². The first-order valence-electron chi connectivity index (χ1n) is 16.1. The number of rotatable bonds is 12. The fourth-order valence-corrected chi connectivity index (χ4v) is 3.74. The lowest BCUT2D eigenvalue weighted by Crippen LogP contribution is -2.25. The van der Waals surface area contributed by atoms with E-state index in [0.29, 0.717) is 5.41 Å². The lowest BCUT2D eigenvalue weighted by atomic mass is 9.81. The second kappa shape index (κ2) is 25.7. The SMILES string of the molecule is C=C(C)/C(=C(C)\C=C(/C)SC)c1ccc(C(C)(C)CC)cc1.CC.CC/C=C/C=C(\S)C(=O)NCCC(=O)O.CCC(C)(C)C. The molecule has 1 amide bonds. The van der Waals surface area contributed by atoms with Gasteiger partial charge in [-0.05, 0) is 90.0 Å². The Bertz CT molecular complexity index is 1130. The van der Waals surface area contributed by atoms with E-state index in [1.165, 1.54) is 33.6 Å². The molecule has 1 aromatic rings. The molecular formula is C39H65NO3S2. The van der Waals surface area contributed by atoms with Crippen molar-refractivity contribution in [3.8, 4) is 0 Å². The van der Waals surface area contributed by atoms with Crippen LogP contribution in [-0.4, -0.2) is 29.8 Å². The van der Waals surface area contributed by atoms with Gasteiger partial charge in [0.25, 0.3) is 5.91 Å². The number of hydrogen-bond donors (Lipinski definition) is 3. The van der Waals surface area contributed by atoms with Crippen molar-refractivity contribution in [3.05, 3.63) is 87.2 Å². The molecule has 0 saturated carbocycles. The predicted octanol–water partition coefficient (Wildman–Crippen LogP) is 11.8. The number of carbonyl (C=O) groups is 2. The summed E-state index contributed by atoms with van der Waals surface area (Å²) in [4.78, 5) is 23.0. The van der Waals surface area contributed by atoms with Gasteiger partial charge in [-0.1, -0.05) is 124 Å². The number of nitrogens with one attached hydrogen (secondary N) is 1. The molecule has 0 radical (unpaired) electrons. The molecule has 0 fully saturated rings. The fourth-order valence-electron chi connectivity index (χ4n) is 3.28. The van der Waals surface area contributed by atoms with Crippen LogP contribution in [0.3, 0.4) is 0 Å². The molecule has 0 aliphatic carbocycles. The number of carbonyl (C=O) groups excluding carboxylic acids is 1. The summed E-state index contributed by atoms with van der Waals surface area (Å²) in [5, 5.41) is 10.8. The first-order valence-corrected chi connectivity index (χ1v) is 17.8. The van der Waals surface area contributed by atoms with E-state index in [4.69, 9.17) is 5.11 Å². The minimum absolute atomic E-state index is 0.0857. The minimum atomic E-state index is -0.939. The molecule has 0 unspecified atom stereocenters. The van der Waals surface area contributed by atoms with Gasteiger partial charge in [0.1, 0.15) is 0 Å². The number of thioether (sulfide) groups is 1. The summed E-state index contributed by atoms with van der Waals surface area (Å²) in [6, 6.07) is 9.01. The van der Waals surface area contributed by atoms with Crippen LogP contribution in [0.4, 0.5) is 0 Å². The molecule has 0 heterocycles. The van der Waals surface area contributed by atoms with Crippen LogP contribution >= 0.6 is 24.4 Å². The summed E-state index contributed by atoms with van der Waals surface area (Å²) in [7, 11) is 0. The number of aliphatic carboxylic acids is 1.